The van der Waals surface area contributed by atoms with E-state index in [2.05, 4.69) is 18.7 Å². The van der Waals surface area contributed by atoms with Crippen LogP contribution < -0.4 is 0 Å². The number of carboxylic acid groups (broad SMARTS) is 1. The molecule has 1 aliphatic heterocycles. The minimum absolute atomic E-state index is 0.111. The lowest BCUT2D eigenvalue weighted by molar-refractivity contribution is -0.143. The van der Waals surface area contributed by atoms with E-state index >= 15 is 0 Å². The van der Waals surface area contributed by atoms with Crippen LogP contribution >= 0.6 is 0 Å². The minimum Gasteiger partial charge on any atom is -0.481 e. The second kappa shape index (κ2) is 4.60. The number of hydrogen-bond donors (Lipinski definition) is 1. The number of nitrogens with zero attached hydrogens (tertiary/aromatic N) is 1. The van der Waals surface area contributed by atoms with Crippen molar-refractivity contribution in [1.82, 2.24) is 4.90 Å². The van der Waals surface area contributed by atoms with Crippen LogP contribution in [0.1, 0.15) is 52.4 Å². The van der Waals surface area contributed by atoms with Crippen molar-refractivity contribution in [2.45, 2.75) is 52.4 Å². The third kappa shape index (κ3) is 2.49. The number of carboxylic acids is 1. The lowest BCUT2D eigenvalue weighted by Gasteiger charge is -2.55. The van der Waals surface area contributed by atoms with Crippen LogP contribution in [0, 0.1) is 10.8 Å². The molecule has 17 heavy (non-hydrogen) atoms. The van der Waals surface area contributed by atoms with E-state index in [0.29, 0.717) is 11.8 Å². The first-order valence-corrected chi connectivity index (χ1v) is 6.97. The van der Waals surface area contributed by atoms with Gasteiger partial charge in [0.05, 0.1) is 6.42 Å². The maximum absolute atomic E-state index is 10.9. The second-order valence-electron chi connectivity index (χ2n) is 6.28. The quantitative estimate of drug-likeness (QED) is 0.775. The van der Waals surface area contributed by atoms with E-state index in [1.54, 1.807) is 0 Å². The Kier molecular flexibility index (Phi) is 3.48. The SMILES string of the molecule is CCC1(CC)CN(CC2(CC(=O)O)CCC2)C1. The molecule has 0 amide bonds. The van der Waals surface area contributed by atoms with Gasteiger partial charge in [-0.05, 0) is 36.5 Å². The van der Waals surface area contributed by atoms with Crippen LogP contribution in [-0.2, 0) is 4.79 Å². The Labute approximate surface area is 104 Å². The molecule has 3 nitrogen and oxygen atoms in total. The third-order valence-electron chi connectivity index (χ3n) is 5.12. The molecular formula is C14H25NO2. The van der Waals surface area contributed by atoms with E-state index in [4.69, 9.17) is 5.11 Å². The molecule has 1 saturated heterocycles. The molecule has 98 valence electrons. The average Bonchev–Trinajstić information content (AvgIpc) is 2.18. The molecule has 1 heterocycles. The highest BCUT2D eigenvalue weighted by Crippen LogP contribution is 2.47. The fourth-order valence-electron chi connectivity index (χ4n) is 3.57. The summed E-state index contributed by atoms with van der Waals surface area (Å²) >= 11 is 0. The summed E-state index contributed by atoms with van der Waals surface area (Å²) in [6.45, 7) is 7.93. The lowest BCUT2D eigenvalue weighted by Crippen LogP contribution is -2.59. The first kappa shape index (κ1) is 12.9. The van der Waals surface area contributed by atoms with Crippen molar-refractivity contribution >= 4 is 5.97 Å². The van der Waals surface area contributed by atoms with Gasteiger partial charge >= 0.3 is 5.97 Å². The third-order valence-corrected chi connectivity index (χ3v) is 5.12. The van der Waals surface area contributed by atoms with Gasteiger partial charge in [-0.25, -0.2) is 0 Å². The van der Waals surface area contributed by atoms with E-state index < -0.39 is 5.97 Å². The normalized spacial score (nSPS) is 26.0. The predicted octanol–water partition coefficient (Wildman–Crippen LogP) is 2.75. The highest BCUT2D eigenvalue weighted by molar-refractivity contribution is 5.68. The van der Waals surface area contributed by atoms with Gasteiger partial charge in [-0.2, -0.15) is 0 Å². The summed E-state index contributed by atoms with van der Waals surface area (Å²) in [5.74, 6) is -0.623. The fourth-order valence-corrected chi connectivity index (χ4v) is 3.57. The fraction of sp³-hybridized carbons (Fsp3) is 0.929. The summed E-state index contributed by atoms with van der Waals surface area (Å²) in [6, 6.07) is 0. The summed E-state index contributed by atoms with van der Waals surface area (Å²) in [6.07, 6.45) is 6.32. The molecule has 0 radical (unpaired) electrons. The predicted molar refractivity (Wildman–Crippen MR) is 68.0 cm³/mol. The van der Waals surface area contributed by atoms with Crippen LogP contribution in [0.3, 0.4) is 0 Å². The standard InChI is InChI=1S/C14H25NO2/c1-3-13(4-2)9-15(10-13)11-14(6-5-7-14)8-12(16)17/h3-11H2,1-2H3,(H,16,17). The van der Waals surface area contributed by atoms with Gasteiger partial charge in [-0.1, -0.05) is 20.3 Å². The molecule has 2 fully saturated rings. The molecule has 1 aliphatic carbocycles. The Hall–Kier alpha value is -0.570. The Morgan fingerprint density at radius 3 is 2.12 bits per heavy atom. The van der Waals surface area contributed by atoms with E-state index in [0.717, 1.165) is 19.4 Å². The van der Waals surface area contributed by atoms with Gasteiger partial charge in [0.2, 0.25) is 0 Å². The van der Waals surface area contributed by atoms with E-state index in [1.807, 2.05) is 0 Å². The van der Waals surface area contributed by atoms with Gasteiger partial charge in [0.15, 0.2) is 0 Å². The number of hydrogen-bond acceptors (Lipinski definition) is 2. The lowest BCUT2D eigenvalue weighted by atomic mass is 9.64. The molecule has 2 rings (SSSR count). The van der Waals surface area contributed by atoms with Crippen LogP contribution in [0.15, 0.2) is 0 Å². The van der Waals surface area contributed by atoms with E-state index in [9.17, 15) is 4.79 Å². The number of rotatable bonds is 6. The van der Waals surface area contributed by atoms with Crippen molar-refractivity contribution < 1.29 is 9.90 Å². The van der Waals surface area contributed by atoms with Gasteiger partial charge in [0, 0.05) is 19.6 Å². The summed E-state index contributed by atoms with van der Waals surface area (Å²) in [4.78, 5) is 13.4. The van der Waals surface area contributed by atoms with Gasteiger partial charge < -0.3 is 10.0 Å². The molecule has 0 bridgehead atoms. The zero-order valence-electron chi connectivity index (χ0n) is 11.2. The molecule has 1 saturated carbocycles. The molecule has 0 atom stereocenters. The van der Waals surface area contributed by atoms with E-state index in [-0.39, 0.29) is 5.41 Å². The highest BCUT2D eigenvalue weighted by Gasteiger charge is 2.46. The van der Waals surface area contributed by atoms with Crippen LogP contribution in [-0.4, -0.2) is 35.6 Å². The summed E-state index contributed by atoms with van der Waals surface area (Å²) in [5.41, 5.74) is 0.646. The van der Waals surface area contributed by atoms with Crippen LogP contribution in [0.25, 0.3) is 0 Å². The van der Waals surface area contributed by atoms with Crippen molar-refractivity contribution in [3.8, 4) is 0 Å². The first-order chi connectivity index (χ1) is 8.03. The highest BCUT2D eigenvalue weighted by atomic mass is 16.4. The van der Waals surface area contributed by atoms with Gasteiger partial charge in [-0.3, -0.25) is 4.79 Å². The molecule has 0 spiro atoms. The van der Waals surface area contributed by atoms with Crippen molar-refractivity contribution in [1.29, 1.82) is 0 Å². The van der Waals surface area contributed by atoms with E-state index in [1.165, 1.54) is 32.4 Å². The molecule has 1 N–H and O–H groups in total. The maximum Gasteiger partial charge on any atom is 0.303 e. The molecule has 0 unspecified atom stereocenters. The largest absolute Gasteiger partial charge is 0.481 e. The minimum atomic E-state index is -0.623. The Balaban J connectivity index is 1.84. The number of aliphatic carboxylic acids is 1. The average molecular weight is 239 g/mol. The van der Waals surface area contributed by atoms with Crippen molar-refractivity contribution in [2.24, 2.45) is 10.8 Å². The van der Waals surface area contributed by atoms with Crippen molar-refractivity contribution in [3.63, 3.8) is 0 Å². The molecular weight excluding hydrogens is 214 g/mol. The monoisotopic (exact) mass is 239 g/mol. The maximum atomic E-state index is 10.9. The molecule has 3 heteroatoms. The molecule has 0 aromatic heterocycles. The summed E-state index contributed by atoms with van der Waals surface area (Å²) in [7, 11) is 0. The Morgan fingerprint density at radius 1 is 1.18 bits per heavy atom. The zero-order valence-corrected chi connectivity index (χ0v) is 11.2. The number of carbonyl (C=O) groups is 1. The Morgan fingerprint density at radius 2 is 1.76 bits per heavy atom. The smallest absolute Gasteiger partial charge is 0.303 e. The van der Waals surface area contributed by atoms with Crippen LogP contribution in [0.4, 0.5) is 0 Å². The summed E-state index contributed by atoms with van der Waals surface area (Å²) in [5, 5.41) is 8.99. The topological polar surface area (TPSA) is 40.5 Å². The van der Waals surface area contributed by atoms with Crippen molar-refractivity contribution in [2.75, 3.05) is 19.6 Å². The van der Waals surface area contributed by atoms with Crippen molar-refractivity contribution in [3.05, 3.63) is 0 Å². The molecule has 0 aromatic carbocycles. The van der Waals surface area contributed by atoms with Gasteiger partial charge in [0.1, 0.15) is 0 Å². The Bertz CT molecular complexity index is 285. The van der Waals surface area contributed by atoms with Gasteiger partial charge in [-0.15, -0.1) is 0 Å². The van der Waals surface area contributed by atoms with Crippen LogP contribution in [0.5, 0.6) is 0 Å². The van der Waals surface area contributed by atoms with Gasteiger partial charge in [0.25, 0.3) is 0 Å². The summed E-state index contributed by atoms with van der Waals surface area (Å²) < 4.78 is 0. The zero-order chi connectivity index (χ0) is 12.5. The second-order valence-corrected chi connectivity index (χ2v) is 6.28. The first-order valence-electron chi connectivity index (χ1n) is 6.97. The molecule has 2 aliphatic rings. The van der Waals surface area contributed by atoms with Crippen LogP contribution in [0.2, 0.25) is 0 Å². The molecule has 0 aromatic rings. The number of likely N-dealkylation sites (tertiary alicyclic amines) is 1.